The van der Waals surface area contributed by atoms with Crippen LogP contribution in [0.15, 0.2) is 97.2 Å². The molecule has 0 N–H and O–H groups in total. The molecule has 9 heteroatoms. The molecule has 0 saturated carbocycles. The molecule has 2 atom stereocenters. The SMILES string of the molecule is CC/C=C\C/C=C\C/C=C\C/C=C\CCCCCCCCCCCCCCCCCCCCCCCCCCCCC(=O)OC(COC(=O)CCCCCCCCCCCCCCCCCCCC/C=C\C/C=C\C/C=C\C/C=C\CC)COC(OCC[N+](C)(C)C)C(=O)[O-]. The van der Waals surface area contributed by atoms with Gasteiger partial charge in [0.15, 0.2) is 12.4 Å². The molecule has 0 fully saturated rings. The van der Waals surface area contributed by atoms with Gasteiger partial charge in [-0.25, -0.2) is 0 Å². The fraction of sp³-hybridized carbons (Fsp3) is 0.779. The average Bonchev–Trinajstić information content (AvgIpc) is 2.92. The van der Waals surface area contributed by atoms with Crippen LogP contribution in [0.25, 0.3) is 0 Å². The maximum absolute atomic E-state index is 13.0. The first kappa shape index (κ1) is 91.2. The van der Waals surface area contributed by atoms with Gasteiger partial charge < -0.3 is 33.3 Å². The number of quaternary nitrogens is 1. The Balaban J connectivity index is 3.96. The summed E-state index contributed by atoms with van der Waals surface area (Å²) in [7, 11) is 5.95. The molecule has 0 heterocycles. The maximum Gasteiger partial charge on any atom is 0.306 e. The van der Waals surface area contributed by atoms with Gasteiger partial charge in [-0.05, 0) is 89.9 Å². The molecule has 0 aromatic heterocycles. The summed E-state index contributed by atoms with van der Waals surface area (Å²) >= 11 is 0. The van der Waals surface area contributed by atoms with E-state index in [0.29, 0.717) is 23.9 Å². The average molecular weight is 1330 g/mol. The van der Waals surface area contributed by atoms with Crippen molar-refractivity contribution in [3.05, 3.63) is 97.2 Å². The van der Waals surface area contributed by atoms with Gasteiger partial charge in [0.05, 0.1) is 40.3 Å². The van der Waals surface area contributed by atoms with E-state index >= 15 is 0 Å². The van der Waals surface area contributed by atoms with Gasteiger partial charge >= 0.3 is 11.9 Å². The van der Waals surface area contributed by atoms with Crippen molar-refractivity contribution in [2.45, 2.75) is 386 Å². The number of unbranched alkanes of at least 4 members (excludes halogenated alkanes) is 44. The van der Waals surface area contributed by atoms with Crippen molar-refractivity contribution >= 4 is 17.9 Å². The van der Waals surface area contributed by atoms with E-state index in [1.165, 1.54) is 257 Å². The van der Waals surface area contributed by atoms with E-state index in [1.807, 2.05) is 21.1 Å². The monoisotopic (exact) mass is 1330 g/mol. The fourth-order valence-electron chi connectivity index (χ4n) is 11.8. The summed E-state index contributed by atoms with van der Waals surface area (Å²) in [6.45, 7) is 4.58. The topological polar surface area (TPSA) is 111 Å². The molecule has 95 heavy (non-hydrogen) atoms. The molecule has 0 spiro atoms. The molecule has 0 amide bonds. The Morgan fingerprint density at radius 2 is 0.568 bits per heavy atom. The van der Waals surface area contributed by atoms with Crippen LogP contribution in [-0.4, -0.2) is 82.3 Å². The van der Waals surface area contributed by atoms with E-state index in [-0.39, 0.29) is 32.2 Å². The van der Waals surface area contributed by atoms with Gasteiger partial charge in [0.2, 0.25) is 0 Å². The van der Waals surface area contributed by atoms with E-state index in [2.05, 4.69) is 111 Å². The summed E-state index contributed by atoms with van der Waals surface area (Å²) in [5.41, 5.74) is 0. The first-order valence-electron chi connectivity index (χ1n) is 40.4. The second-order valence-electron chi connectivity index (χ2n) is 28.3. The molecule has 9 nitrogen and oxygen atoms in total. The summed E-state index contributed by atoms with van der Waals surface area (Å²) in [6, 6.07) is 0. The highest BCUT2D eigenvalue weighted by Crippen LogP contribution is 2.19. The van der Waals surface area contributed by atoms with Crippen molar-refractivity contribution in [2.75, 3.05) is 47.5 Å². The van der Waals surface area contributed by atoms with Crippen LogP contribution in [-0.2, 0) is 33.3 Å². The zero-order valence-electron chi connectivity index (χ0n) is 63.0. The molecule has 0 aliphatic carbocycles. The van der Waals surface area contributed by atoms with Gasteiger partial charge in [0.25, 0.3) is 0 Å². The lowest BCUT2D eigenvalue weighted by Gasteiger charge is -2.26. The Hall–Kier alpha value is -3.79. The lowest BCUT2D eigenvalue weighted by molar-refractivity contribution is -0.870. The van der Waals surface area contributed by atoms with Crippen LogP contribution in [0.2, 0.25) is 0 Å². The summed E-state index contributed by atoms with van der Waals surface area (Å²) in [6.07, 6.45) is 103. The molecule has 0 aromatic carbocycles. The van der Waals surface area contributed by atoms with Crippen LogP contribution >= 0.6 is 0 Å². The highest BCUT2D eigenvalue weighted by Gasteiger charge is 2.22. The largest absolute Gasteiger partial charge is 0.545 e. The second kappa shape index (κ2) is 76.0. The Kier molecular flexibility index (Phi) is 72.9. The predicted molar refractivity (Wildman–Crippen MR) is 407 cm³/mol. The van der Waals surface area contributed by atoms with Gasteiger partial charge in [-0.3, -0.25) is 9.59 Å². The number of aliphatic carboxylic acids is 1. The molecule has 0 aromatic rings. The third-order valence-electron chi connectivity index (χ3n) is 17.8. The van der Waals surface area contributed by atoms with Crippen molar-refractivity contribution in [2.24, 2.45) is 0 Å². The fourth-order valence-corrected chi connectivity index (χ4v) is 11.8. The highest BCUT2D eigenvalue weighted by atomic mass is 16.7. The molecule has 2 unspecified atom stereocenters. The first-order valence-corrected chi connectivity index (χ1v) is 40.4. The van der Waals surface area contributed by atoms with Crippen LogP contribution in [0, 0.1) is 0 Å². The van der Waals surface area contributed by atoms with Crippen LogP contribution in [0.1, 0.15) is 373 Å². The first-order chi connectivity index (χ1) is 46.6. The Labute approximate surface area is 588 Å². The molecule has 550 valence electrons. The third-order valence-corrected chi connectivity index (χ3v) is 17.8. The van der Waals surface area contributed by atoms with Crippen molar-refractivity contribution in [3.8, 4) is 0 Å². The molecule has 0 aliphatic rings. The van der Waals surface area contributed by atoms with Gasteiger partial charge in [0.1, 0.15) is 13.2 Å². The minimum atomic E-state index is -1.62. The van der Waals surface area contributed by atoms with E-state index in [0.717, 1.165) is 83.5 Å². The van der Waals surface area contributed by atoms with E-state index in [9.17, 15) is 19.5 Å². The van der Waals surface area contributed by atoms with Gasteiger partial charge in [-0.2, -0.15) is 0 Å². The number of carboxylic acids is 1. The minimum absolute atomic E-state index is 0.148. The second-order valence-corrected chi connectivity index (χ2v) is 28.3. The Morgan fingerprint density at radius 3 is 0.842 bits per heavy atom. The zero-order valence-corrected chi connectivity index (χ0v) is 63.0. The molecule has 0 bridgehead atoms. The van der Waals surface area contributed by atoms with Crippen molar-refractivity contribution in [1.82, 2.24) is 0 Å². The summed E-state index contributed by atoms with van der Waals surface area (Å²) < 4.78 is 22.9. The highest BCUT2D eigenvalue weighted by molar-refractivity contribution is 5.70. The molecule has 0 radical (unpaired) electrons. The Morgan fingerprint density at radius 1 is 0.316 bits per heavy atom. The molecule has 0 saturated heterocycles. The molecular weight excluding hydrogens is 1170 g/mol. The van der Waals surface area contributed by atoms with Crippen molar-refractivity contribution in [1.29, 1.82) is 0 Å². The third kappa shape index (κ3) is 77.4. The normalized spacial score (nSPS) is 13.1. The standard InChI is InChI=1S/C86H153NO8/c1-6-8-10-12-14-16-18-20-22-24-26-28-30-32-34-36-38-39-40-41-42-43-44-45-47-49-51-53-55-57-59-61-63-65-67-69-71-73-75-77-84(89)95-82(81-94-86(85(90)91)92-79-78-87(3,4)5)80-93-83(88)76-74-72-70-68-66-64-62-60-58-56-54-52-50-48-46-37-35-33-31-29-27-25-23-21-19-17-15-13-11-9-7-2/h8-11,14-17,20-23,26-29,82,86H,6-7,12-13,18-19,24-25,30-81H2,1-5H3/b10-8-,11-9-,16-14-,17-15-,22-20-,23-21-,28-26-,29-27-. The van der Waals surface area contributed by atoms with Crippen LogP contribution in [0.5, 0.6) is 0 Å². The van der Waals surface area contributed by atoms with Crippen molar-refractivity contribution < 1.29 is 42.9 Å². The number of hydrogen-bond donors (Lipinski definition) is 0. The lowest BCUT2D eigenvalue weighted by atomic mass is 10.0. The number of carbonyl (C=O) groups excluding carboxylic acids is 3. The van der Waals surface area contributed by atoms with Crippen LogP contribution in [0.4, 0.5) is 0 Å². The number of allylic oxidation sites excluding steroid dienone is 16. The number of likely N-dealkylation sites (N-methyl/N-ethyl adjacent to an activating group) is 1. The van der Waals surface area contributed by atoms with E-state index in [4.69, 9.17) is 18.9 Å². The van der Waals surface area contributed by atoms with Gasteiger partial charge in [0, 0.05) is 12.8 Å². The van der Waals surface area contributed by atoms with Crippen molar-refractivity contribution in [3.63, 3.8) is 0 Å². The zero-order chi connectivity index (χ0) is 69.0. The van der Waals surface area contributed by atoms with Gasteiger partial charge in [-0.15, -0.1) is 0 Å². The molecule has 0 aliphatic heterocycles. The smallest absolute Gasteiger partial charge is 0.306 e. The van der Waals surface area contributed by atoms with E-state index < -0.39 is 24.3 Å². The molecule has 0 rings (SSSR count). The number of esters is 2. The summed E-state index contributed by atoms with van der Waals surface area (Å²) in [5, 5.41) is 11.9. The number of carboxylic acid groups (broad SMARTS) is 1. The van der Waals surface area contributed by atoms with Crippen LogP contribution < -0.4 is 5.11 Å². The lowest BCUT2D eigenvalue weighted by Crippen LogP contribution is -2.44. The number of ether oxygens (including phenoxy) is 4. The minimum Gasteiger partial charge on any atom is -0.545 e. The predicted octanol–water partition coefficient (Wildman–Crippen LogP) is 24.6. The number of rotatable bonds is 75. The van der Waals surface area contributed by atoms with E-state index in [1.54, 1.807) is 0 Å². The summed E-state index contributed by atoms with van der Waals surface area (Å²) in [5.74, 6) is -2.26. The van der Waals surface area contributed by atoms with Crippen LogP contribution in [0.3, 0.4) is 0 Å². The number of hydrogen-bond acceptors (Lipinski definition) is 8. The quantitative estimate of drug-likeness (QED) is 0.0195. The van der Waals surface area contributed by atoms with Gasteiger partial charge in [-0.1, -0.05) is 368 Å². The Bertz CT molecular complexity index is 1890. The number of nitrogens with zero attached hydrogens (tertiary/aromatic N) is 1. The maximum atomic E-state index is 13.0. The molecular formula is C86H153NO8. The number of carbonyl (C=O) groups is 3. The summed E-state index contributed by atoms with van der Waals surface area (Å²) in [4.78, 5) is 37.6.